The predicted octanol–water partition coefficient (Wildman–Crippen LogP) is 2.37. The van der Waals surface area contributed by atoms with Gasteiger partial charge in [-0.1, -0.05) is 6.07 Å². The number of aromatic amines is 1. The monoisotopic (exact) mass is 328 g/mol. The van der Waals surface area contributed by atoms with Crippen LogP contribution in [-0.4, -0.2) is 13.4 Å². The molecule has 0 atom stereocenters. The van der Waals surface area contributed by atoms with E-state index in [1.807, 2.05) is 6.07 Å². The maximum Gasteiger partial charge on any atom is 0.212 e. The Labute approximate surface area is 130 Å². The molecular weight excluding hydrogens is 319 g/mol. The first-order valence-corrected chi connectivity index (χ1v) is 7.98. The number of hydrogen-bond donors (Lipinski definition) is 1. The highest BCUT2D eigenvalue weighted by molar-refractivity contribution is 7.91. The van der Waals surface area contributed by atoms with Gasteiger partial charge in [-0.15, -0.1) is 0 Å². The molecule has 0 amide bonds. The third-order valence-corrected chi connectivity index (χ3v) is 5.13. The van der Waals surface area contributed by atoms with Crippen LogP contribution in [0.3, 0.4) is 0 Å². The van der Waals surface area contributed by atoms with Gasteiger partial charge in [0.1, 0.15) is 10.7 Å². The lowest BCUT2D eigenvalue weighted by Crippen LogP contribution is -2.16. The highest BCUT2D eigenvalue weighted by atomic mass is 32.2. The van der Waals surface area contributed by atoms with Crippen LogP contribution in [0.2, 0.25) is 0 Å². The molecule has 1 aromatic heterocycles. The topological polar surface area (TPSA) is 90.8 Å². The van der Waals surface area contributed by atoms with E-state index in [0.717, 1.165) is 18.3 Å². The average Bonchev–Trinajstić information content (AvgIpc) is 2.54. The third kappa shape index (κ3) is 2.49. The van der Waals surface area contributed by atoms with Gasteiger partial charge in [0.25, 0.3) is 0 Å². The number of nitrogens with zero attached hydrogens (tertiary/aromatic N) is 1. The average molecular weight is 328 g/mol. The summed E-state index contributed by atoms with van der Waals surface area (Å²) in [5.41, 5.74) is -0.0874. The van der Waals surface area contributed by atoms with Crippen LogP contribution in [-0.2, 0) is 9.84 Å². The number of sulfone groups is 1. The van der Waals surface area contributed by atoms with Gasteiger partial charge in [0.05, 0.1) is 16.5 Å². The molecule has 3 aromatic rings. The van der Waals surface area contributed by atoms with Crippen LogP contribution in [0.4, 0.5) is 4.39 Å². The number of fused-ring (bicyclic) bond motifs is 1. The van der Waals surface area contributed by atoms with Gasteiger partial charge in [-0.05, 0) is 36.4 Å². The van der Waals surface area contributed by atoms with E-state index in [1.165, 1.54) is 30.3 Å². The molecule has 7 heteroatoms. The molecule has 0 unspecified atom stereocenters. The van der Waals surface area contributed by atoms with Crippen molar-refractivity contribution in [3.05, 3.63) is 70.3 Å². The zero-order valence-electron chi connectivity index (χ0n) is 11.6. The quantitative estimate of drug-likeness (QED) is 0.782. The number of nitrogens with one attached hydrogen (secondary N) is 1. The Bertz CT molecular complexity index is 1130. The minimum atomic E-state index is -4.17. The maximum absolute atomic E-state index is 13.3. The number of rotatable bonds is 2. The molecule has 0 radical (unpaired) electrons. The van der Waals surface area contributed by atoms with Crippen molar-refractivity contribution >= 4 is 20.7 Å². The van der Waals surface area contributed by atoms with Crippen molar-refractivity contribution in [1.82, 2.24) is 4.98 Å². The Hall–Kier alpha value is -2.98. The van der Waals surface area contributed by atoms with Crippen molar-refractivity contribution in [2.24, 2.45) is 0 Å². The minimum absolute atomic E-state index is 0.0847. The molecule has 0 spiro atoms. The minimum Gasteiger partial charge on any atom is -0.360 e. The van der Waals surface area contributed by atoms with Crippen LogP contribution >= 0.6 is 0 Å². The molecule has 5 nitrogen and oxygen atoms in total. The molecule has 2 aromatic carbocycles. The molecule has 0 fully saturated rings. The fraction of sp³-hybridized carbons (Fsp3) is 0. The van der Waals surface area contributed by atoms with Crippen LogP contribution in [0.1, 0.15) is 5.56 Å². The van der Waals surface area contributed by atoms with E-state index < -0.39 is 26.0 Å². The molecule has 1 heterocycles. The first-order chi connectivity index (χ1) is 10.9. The number of aromatic nitrogens is 1. The SMILES string of the molecule is N#Cc1ccc2[nH]cc(S(=O)(=O)c3cccc(F)c3)c(=O)c2c1. The summed E-state index contributed by atoms with van der Waals surface area (Å²) in [5, 5.41) is 8.99. The summed E-state index contributed by atoms with van der Waals surface area (Å²) in [6, 6.07) is 10.7. The molecule has 0 aliphatic carbocycles. The molecule has 23 heavy (non-hydrogen) atoms. The van der Waals surface area contributed by atoms with E-state index in [9.17, 15) is 17.6 Å². The van der Waals surface area contributed by atoms with Crippen LogP contribution in [0, 0.1) is 17.1 Å². The number of H-pyrrole nitrogens is 1. The summed E-state index contributed by atoms with van der Waals surface area (Å²) in [5.74, 6) is -0.713. The molecule has 0 bridgehead atoms. The molecule has 0 saturated carbocycles. The first-order valence-electron chi connectivity index (χ1n) is 6.50. The second kappa shape index (κ2) is 5.34. The maximum atomic E-state index is 13.3. The lowest BCUT2D eigenvalue weighted by Gasteiger charge is -2.06. The second-order valence-electron chi connectivity index (χ2n) is 4.82. The molecule has 0 aliphatic rings. The van der Waals surface area contributed by atoms with Gasteiger partial charge in [-0.2, -0.15) is 5.26 Å². The fourth-order valence-electron chi connectivity index (χ4n) is 2.23. The van der Waals surface area contributed by atoms with Gasteiger partial charge in [-0.25, -0.2) is 12.8 Å². The molecule has 3 rings (SSSR count). The third-order valence-electron chi connectivity index (χ3n) is 3.37. The fourth-order valence-corrected chi connectivity index (χ4v) is 3.58. The van der Waals surface area contributed by atoms with Crippen molar-refractivity contribution in [3.63, 3.8) is 0 Å². The Morgan fingerprint density at radius 3 is 2.61 bits per heavy atom. The van der Waals surface area contributed by atoms with Crippen LogP contribution in [0.15, 0.2) is 63.2 Å². The largest absolute Gasteiger partial charge is 0.360 e. The summed E-state index contributed by atoms with van der Waals surface area (Å²) in [7, 11) is -4.17. The number of pyridine rings is 1. The summed E-state index contributed by atoms with van der Waals surface area (Å²) >= 11 is 0. The molecule has 114 valence electrons. The molecule has 0 aliphatic heterocycles. The lowest BCUT2D eigenvalue weighted by atomic mass is 10.1. The van der Waals surface area contributed by atoms with Crippen molar-refractivity contribution in [2.45, 2.75) is 9.79 Å². The molecule has 0 saturated heterocycles. The van der Waals surface area contributed by atoms with Gasteiger partial charge in [0.15, 0.2) is 0 Å². The summed E-state index contributed by atoms with van der Waals surface area (Å²) in [6.07, 6.45) is 1.08. The van der Waals surface area contributed by atoms with Crippen LogP contribution in [0.5, 0.6) is 0 Å². The second-order valence-corrected chi connectivity index (χ2v) is 6.73. The number of halogens is 1. The van der Waals surface area contributed by atoms with Crippen LogP contribution < -0.4 is 5.43 Å². The number of benzene rings is 2. The van der Waals surface area contributed by atoms with Gasteiger partial charge in [-0.3, -0.25) is 4.79 Å². The Morgan fingerprint density at radius 1 is 1.13 bits per heavy atom. The normalized spacial score (nSPS) is 11.3. The van der Waals surface area contributed by atoms with Gasteiger partial charge < -0.3 is 4.98 Å². The van der Waals surface area contributed by atoms with E-state index in [4.69, 9.17) is 5.26 Å². The zero-order valence-corrected chi connectivity index (χ0v) is 12.4. The number of hydrogen-bond acceptors (Lipinski definition) is 4. The van der Waals surface area contributed by atoms with E-state index in [-0.39, 0.29) is 15.8 Å². The number of nitriles is 1. The Balaban J connectivity index is 2.30. The highest BCUT2D eigenvalue weighted by Gasteiger charge is 2.23. The molecular formula is C16H9FN2O3S. The summed E-state index contributed by atoms with van der Waals surface area (Å²) in [6.45, 7) is 0. The predicted molar refractivity (Wildman–Crippen MR) is 81.1 cm³/mol. The van der Waals surface area contributed by atoms with Crippen molar-refractivity contribution in [1.29, 1.82) is 5.26 Å². The summed E-state index contributed by atoms with van der Waals surface area (Å²) in [4.78, 5) is 14.4. The van der Waals surface area contributed by atoms with Gasteiger partial charge >= 0.3 is 0 Å². The standard InChI is InChI=1S/C16H9FN2O3S/c17-11-2-1-3-12(7-11)23(21,22)15-9-19-14-5-4-10(8-18)6-13(14)16(15)20/h1-7,9H,(H,19,20). The smallest absolute Gasteiger partial charge is 0.212 e. The van der Waals surface area contributed by atoms with Gasteiger partial charge in [0, 0.05) is 17.1 Å². The van der Waals surface area contributed by atoms with Crippen LogP contribution in [0.25, 0.3) is 10.9 Å². The molecule has 1 N–H and O–H groups in total. The Morgan fingerprint density at radius 2 is 1.91 bits per heavy atom. The summed E-state index contributed by atoms with van der Waals surface area (Å²) < 4.78 is 38.4. The van der Waals surface area contributed by atoms with Crippen molar-refractivity contribution in [2.75, 3.05) is 0 Å². The van der Waals surface area contributed by atoms with E-state index >= 15 is 0 Å². The van der Waals surface area contributed by atoms with Gasteiger partial charge in [0.2, 0.25) is 15.3 Å². The first kappa shape index (κ1) is 14.9. The lowest BCUT2D eigenvalue weighted by molar-refractivity contribution is 0.590. The van der Waals surface area contributed by atoms with Crippen molar-refractivity contribution in [3.8, 4) is 6.07 Å². The zero-order chi connectivity index (χ0) is 16.6. The highest BCUT2D eigenvalue weighted by Crippen LogP contribution is 2.20. The van der Waals surface area contributed by atoms with E-state index in [1.54, 1.807) is 0 Å². The van der Waals surface area contributed by atoms with E-state index in [2.05, 4.69) is 4.98 Å². The van der Waals surface area contributed by atoms with Crippen molar-refractivity contribution < 1.29 is 12.8 Å². The Kier molecular flexibility index (Phi) is 3.47. The van der Waals surface area contributed by atoms with E-state index in [0.29, 0.717) is 5.52 Å².